The highest BCUT2D eigenvalue weighted by Gasteiger charge is 2.10. The van der Waals surface area contributed by atoms with Crippen molar-refractivity contribution in [3.05, 3.63) is 89.5 Å². The SMILES string of the molecule is Cc1ccc(C)c(OCCCCC(=O)CCCCCNC(=O)CCC(=O)c2ccc(-c3ccccc3)cc2)c1. The zero-order chi connectivity index (χ0) is 27.9. The molecule has 0 saturated carbocycles. The molecule has 39 heavy (non-hydrogen) atoms. The molecule has 0 bridgehead atoms. The Bertz CT molecular complexity index is 1200. The lowest BCUT2D eigenvalue weighted by atomic mass is 10.0. The standard InChI is InChI=1S/C34H41NO4/c1-26-15-16-27(2)33(25-26)39-24-10-8-14-31(36)13-7-4-9-23-35-34(38)22-21-32(37)30-19-17-29(18-20-30)28-11-5-3-6-12-28/h3,5-6,11-12,15-20,25H,4,7-10,13-14,21-24H2,1-2H3,(H,35,38). The van der Waals surface area contributed by atoms with Gasteiger partial charge in [0.05, 0.1) is 6.61 Å². The summed E-state index contributed by atoms with van der Waals surface area (Å²) >= 11 is 0. The molecular weight excluding hydrogens is 486 g/mol. The fraction of sp³-hybridized carbons (Fsp3) is 0.382. The molecule has 0 heterocycles. The molecule has 0 saturated heterocycles. The number of Topliss-reactive ketones (excluding diaryl/α,β-unsaturated/α-hetero) is 2. The molecule has 3 rings (SSSR count). The van der Waals surface area contributed by atoms with Crippen molar-refractivity contribution in [1.82, 2.24) is 5.32 Å². The van der Waals surface area contributed by atoms with E-state index in [1.165, 1.54) is 5.56 Å². The van der Waals surface area contributed by atoms with Crippen LogP contribution >= 0.6 is 0 Å². The molecular formula is C34H41NO4. The number of hydrogen-bond donors (Lipinski definition) is 1. The Morgan fingerprint density at radius 3 is 2.13 bits per heavy atom. The van der Waals surface area contributed by atoms with Gasteiger partial charge in [0.1, 0.15) is 11.5 Å². The summed E-state index contributed by atoms with van der Waals surface area (Å²) in [5.74, 6) is 1.08. The second kappa shape index (κ2) is 16.3. The first-order valence-corrected chi connectivity index (χ1v) is 14.1. The van der Waals surface area contributed by atoms with Gasteiger partial charge in [-0.3, -0.25) is 14.4 Å². The lowest BCUT2D eigenvalue weighted by Gasteiger charge is -2.09. The van der Waals surface area contributed by atoms with Crippen LogP contribution in [0.5, 0.6) is 5.75 Å². The van der Waals surface area contributed by atoms with Gasteiger partial charge in [0, 0.05) is 37.8 Å². The third-order valence-corrected chi connectivity index (χ3v) is 6.80. The van der Waals surface area contributed by atoms with Gasteiger partial charge in [-0.25, -0.2) is 0 Å². The predicted octanol–water partition coefficient (Wildman–Crippen LogP) is 7.43. The summed E-state index contributed by atoms with van der Waals surface area (Å²) in [5.41, 5.74) is 5.11. The summed E-state index contributed by atoms with van der Waals surface area (Å²) < 4.78 is 5.85. The van der Waals surface area contributed by atoms with E-state index in [-0.39, 0.29) is 24.5 Å². The number of hydrogen-bond acceptors (Lipinski definition) is 4. The minimum atomic E-state index is -0.108. The number of ether oxygens (including phenoxy) is 1. The fourth-order valence-corrected chi connectivity index (χ4v) is 4.38. The number of amides is 1. The third kappa shape index (κ3) is 10.9. The summed E-state index contributed by atoms with van der Waals surface area (Å²) in [6.45, 7) is 5.29. The molecule has 0 radical (unpaired) electrons. The molecule has 1 amide bonds. The number of benzene rings is 3. The molecule has 0 spiro atoms. The van der Waals surface area contributed by atoms with Crippen molar-refractivity contribution in [2.75, 3.05) is 13.2 Å². The van der Waals surface area contributed by atoms with Crippen LogP contribution in [0.15, 0.2) is 72.8 Å². The highest BCUT2D eigenvalue weighted by molar-refractivity contribution is 5.98. The van der Waals surface area contributed by atoms with Crippen molar-refractivity contribution < 1.29 is 19.1 Å². The van der Waals surface area contributed by atoms with Crippen molar-refractivity contribution in [3.63, 3.8) is 0 Å². The van der Waals surface area contributed by atoms with E-state index < -0.39 is 0 Å². The average Bonchev–Trinajstić information content (AvgIpc) is 2.95. The van der Waals surface area contributed by atoms with E-state index >= 15 is 0 Å². The molecule has 0 aromatic heterocycles. The molecule has 206 valence electrons. The van der Waals surface area contributed by atoms with E-state index in [4.69, 9.17) is 4.74 Å². The van der Waals surface area contributed by atoms with Gasteiger partial charge in [0.15, 0.2) is 5.78 Å². The lowest BCUT2D eigenvalue weighted by molar-refractivity contribution is -0.121. The lowest BCUT2D eigenvalue weighted by Crippen LogP contribution is -2.24. The van der Waals surface area contributed by atoms with Crippen LogP contribution in [0.2, 0.25) is 0 Å². The summed E-state index contributed by atoms with van der Waals surface area (Å²) in [4.78, 5) is 36.7. The molecule has 3 aromatic carbocycles. The quantitative estimate of drug-likeness (QED) is 0.146. The van der Waals surface area contributed by atoms with Crippen molar-refractivity contribution >= 4 is 17.5 Å². The van der Waals surface area contributed by atoms with Crippen molar-refractivity contribution in [2.45, 2.75) is 71.6 Å². The maximum absolute atomic E-state index is 12.5. The van der Waals surface area contributed by atoms with Crippen molar-refractivity contribution in [1.29, 1.82) is 0 Å². The Morgan fingerprint density at radius 2 is 1.38 bits per heavy atom. The number of aryl methyl sites for hydroxylation is 2. The first-order valence-electron chi connectivity index (χ1n) is 14.1. The molecule has 0 aliphatic carbocycles. The van der Waals surface area contributed by atoms with Gasteiger partial charge in [-0.2, -0.15) is 0 Å². The van der Waals surface area contributed by atoms with Gasteiger partial charge in [0.25, 0.3) is 0 Å². The minimum absolute atomic E-state index is 0.0277. The van der Waals surface area contributed by atoms with Crippen LogP contribution in [0.4, 0.5) is 0 Å². The Kier molecular flexibility index (Phi) is 12.4. The number of carbonyl (C=O) groups is 3. The van der Waals surface area contributed by atoms with Crippen LogP contribution in [0.3, 0.4) is 0 Å². The van der Waals surface area contributed by atoms with Gasteiger partial charge in [0.2, 0.25) is 5.91 Å². The molecule has 5 nitrogen and oxygen atoms in total. The molecule has 3 aromatic rings. The maximum atomic E-state index is 12.5. The molecule has 0 aliphatic heterocycles. The number of nitrogens with one attached hydrogen (secondary N) is 1. The third-order valence-electron chi connectivity index (χ3n) is 6.80. The van der Waals surface area contributed by atoms with Crippen LogP contribution in [-0.2, 0) is 9.59 Å². The van der Waals surface area contributed by atoms with E-state index in [1.54, 1.807) is 0 Å². The van der Waals surface area contributed by atoms with Gasteiger partial charge in [-0.1, -0.05) is 73.2 Å². The number of unbranched alkanes of at least 4 members (excludes halogenated alkanes) is 3. The van der Waals surface area contributed by atoms with Gasteiger partial charge >= 0.3 is 0 Å². The minimum Gasteiger partial charge on any atom is -0.493 e. The predicted molar refractivity (Wildman–Crippen MR) is 157 cm³/mol. The number of ketones is 2. The van der Waals surface area contributed by atoms with Gasteiger partial charge < -0.3 is 10.1 Å². The Hall–Kier alpha value is -3.73. The van der Waals surface area contributed by atoms with Crippen LogP contribution in [0.1, 0.15) is 79.3 Å². The number of rotatable bonds is 17. The van der Waals surface area contributed by atoms with Crippen molar-refractivity contribution in [2.24, 2.45) is 0 Å². The average molecular weight is 528 g/mol. The molecule has 0 fully saturated rings. The Morgan fingerprint density at radius 1 is 0.692 bits per heavy atom. The van der Waals surface area contributed by atoms with Crippen molar-refractivity contribution in [3.8, 4) is 16.9 Å². The zero-order valence-corrected chi connectivity index (χ0v) is 23.3. The molecule has 5 heteroatoms. The van der Waals surface area contributed by atoms with Crippen LogP contribution < -0.4 is 10.1 Å². The zero-order valence-electron chi connectivity index (χ0n) is 23.3. The normalized spacial score (nSPS) is 10.7. The maximum Gasteiger partial charge on any atom is 0.220 e. The van der Waals surface area contributed by atoms with E-state index in [0.29, 0.717) is 37.3 Å². The molecule has 1 N–H and O–H groups in total. The first-order chi connectivity index (χ1) is 18.9. The van der Waals surface area contributed by atoms with E-state index in [9.17, 15) is 14.4 Å². The van der Waals surface area contributed by atoms with Crippen LogP contribution in [0, 0.1) is 13.8 Å². The van der Waals surface area contributed by atoms with Crippen LogP contribution in [0.25, 0.3) is 11.1 Å². The van der Waals surface area contributed by atoms with Gasteiger partial charge in [-0.15, -0.1) is 0 Å². The fourth-order valence-electron chi connectivity index (χ4n) is 4.38. The van der Waals surface area contributed by atoms with E-state index in [2.05, 4.69) is 30.4 Å². The van der Waals surface area contributed by atoms with Crippen LogP contribution in [-0.4, -0.2) is 30.6 Å². The molecule has 0 atom stereocenters. The molecule has 0 unspecified atom stereocenters. The highest BCUT2D eigenvalue weighted by atomic mass is 16.5. The van der Waals surface area contributed by atoms with Gasteiger partial charge in [-0.05, 0) is 67.9 Å². The topological polar surface area (TPSA) is 72.5 Å². The highest BCUT2D eigenvalue weighted by Crippen LogP contribution is 2.21. The number of carbonyl (C=O) groups excluding carboxylic acids is 3. The summed E-state index contributed by atoms with van der Waals surface area (Å²) in [6, 6.07) is 23.7. The second-order valence-corrected chi connectivity index (χ2v) is 10.1. The summed E-state index contributed by atoms with van der Waals surface area (Å²) in [7, 11) is 0. The Balaban J connectivity index is 1.18. The monoisotopic (exact) mass is 527 g/mol. The first kappa shape index (κ1) is 29.8. The Labute approximate surface area is 233 Å². The summed E-state index contributed by atoms with van der Waals surface area (Å²) in [6.07, 6.45) is 5.84. The smallest absolute Gasteiger partial charge is 0.220 e. The second-order valence-electron chi connectivity index (χ2n) is 10.1. The molecule has 0 aliphatic rings. The largest absolute Gasteiger partial charge is 0.493 e. The summed E-state index contributed by atoms with van der Waals surface area (Å²) in [5, 5.41) is 2.89. The van der Waals surface area contributed by atoms with E-state index in [0.717, 1.165) is 54.5 Å². The van der Waals surface area contributed by atoms with E-state index in [1.807, 2.05) is 61.5 Å².